The third kappa shape index (κ3) is 5.03. The van der Waals surface area contributed by atoms with Crippen LogP contribution in [0.15, 0.2) is 0 Å². The van der Waals surface area contributed by atoms with Gasteiger partial charge in [-0.25, -0.2) is 4.39 Å². The van der Waals surface area contributed by atoms with Crippen LogP contribution in [-0.2, 0) is 0 Å². The molecule has 0 radical (unpaired) electrons. The van der Waals surface area contributed by atoms with Gasteiger partial charge in [0.05, 0.1) is 0 Å². The standard InChI is InChI=1S/C6H11F3O2/c7-5(6(8,9)11)3-1-2-4-10/h5,10-11H,1-4H2. The Kier molecular flexibility index (Phi) is 4.44. The van der Waals surface area contributed by atoms with Crippen molar-refractivity contribution in [2.24, 2.45) is 0 Å². The molecular weight excluding hydrogens is 161 g/mol. The lowest BCUT2D eigenvalue weighted by molar-refractivity contribution is -0.241. The molecule has 0 bridgehead atoms. The van der Waals surface area contributed by atoms with Crippen molar-refractivity contribution < 1.29 is 23.4 Å². The van der Waals surface area contributed by atoms with Gasteiger partial charge in [0.1, 0.15) is 0 Å². The van der Waals surface area contributed by atoms with Crippen LogP contribution in [0.1, 0.15) is 19.3 Å². The second-order valence-corrected chi connectivity index (χ2v) is 2.27. The van der Waals surface area contributed by atoms with Crippen LogP contribution in [0, 0.1) is 0 Å². The summed E-state index contributed by atoms with van der Waals surface area (Å²) in [4.78, 5) is 0. The second kappa shape index (κ2) is 4.56. The van der Waals surface area contributed by atoms with Gasteiger partial charge < -0.3 is 10.2 Å². The average Bonchev–Trinajstić information content (AvgIpc) is 1.86. The molecule has 2 nitrogen and oxygen atoms in total. The van der Waals surface area contributed by atoms with Crippen LogP contribution in [0.5, 0.6) is 0 Å². The molecule has 0 aromatic heterocycles. The number of alkyl halides is 3. The Balaban J connectivity index is 3.44. The molecule has 0 aliphatic heterocycles. The molecule has 0 amide bonds. The van der Waals surface area contributed by atoms with Crippen LogP contribution in [-0.4, -0.2) is 29.1 Å². The number of hydrogen-bond acceptors (Lipinski definition) is 2. The van der Waals surface area contributed by atoms with E-state index in [2.05, 4.69) is 0 Å². The van der Waals surface area contributed by atoms with E-state index >= 15 is 0 Å². The van der Waals surface area contributed by atoms with Gasteiger partial charge in [-0.1, -0.05) is 0 Å². The van der Waals surface area contributed by atoms with Gasteiger partial charge in [0.15, 0.2) is 6.17 Å². The minimum Gasteiger partial charge on any atom is -0.396 e. The molecule has 68 valence electrons. The first kappa shape index (κ1) is 10.7. The zero-order chi connectivity index (χ0) is 8.91. The number of aliphatic hydroxyl groups excluding tert-OH is 1. The fourth-order valence-corrected chi connectivity index (χ4v) is 0.609. The minimum atomic E-state index is -4.24. The maximum Gasteiger partial charge on any atom is 0.384 e. The van der Waals surface area contributed by atoms with Crippen LogP contribution < -0.4 is 0 Å². The molecule has 0 rings (SSSR count). The van der Waals surface area contributed by atoms with Gasteiger partial charge in [-0.3, -0.25) is 0 Å². The number of aliphatic hydroxyl groups is 2. The molecule has 0 fully saturated rings. The van der Waals surface area contributed by atoms with Crippen molar-refractivity contribution in [2.75, 3.05) is 6.61 Å². The monoisotopic (exact) mass is 172 g/mol. The maximum absolute atomic E-state index is 12.2. The molecule has 1 unspecified atom stereocenters. The van der Waals surface area contributed by atoms with E-state index in [9.17, 15) is 13.2 Å². The molecule has 0 heterocycles. The fraction of sp³-hybridized carbons (Fsp3) is 1.00. The SMILES string of the molecule is OCCCCC(F)C(O)(F)F. The van der Waals surface area contributed by atoms with Crippen molar-refractivity contribution in [3.63, 3.8) is 0 Å². The summed E-state index contributed by atoms with van der Waals surface area (Å²) >= 11 is 0. The summed E-state index contributed by atoms with van der Waals surface area (Å²) in [6.45, 7) is -0.149. The highest BCUT2D eigenvalue weighted by Crippen LogP contribution is 2.21. The Morgan fingerprint density at radius 1 is 1.27 bits per heavy atom. The molecular formula is C6H11F3O2. The van der Waals surface area contributed by atoms with E-state index in [-0.39, 0.29) is 19.4 Å². The lowest BCUT2D eigenvalue weighted by Gasteiger charge is -2.13. The smallest absolute Gasteiger partial charge is 0.384 e. The molecule has 5 heteroatoms. The van der Waals surface area contributed by atoms with Crippen molar-refractivity contribution in [3.05, 3.63) is 0 Å². The summed E-state index contributed by atoms with van der Waals surface area (Å²) in [6.07, 6.45) is -6.77. The Morgan fingerprint density at radius 3 is 2.18 bits per heavy atom. The minimum absolute atomic E-state index is 0.147. The van der Waals surface area contributed by atoms with E-state index in [1.165, 1.54) is 0 Å². The molecule has 1 atom stereocenters. The first-order valence-corrected chi connectivity index (χ1v) is 3.33. The van der Waals surface area contributed by atoms with E-state index in [1.54, 1.807) is 0 Å². The van der Waals surface area contributed by atoms with Gasteiger partial charge in [0.2, 0.25) is 0 Å². The molecule has 11 heavy (non-hydrogen) atoms. The van der Waals surface area contributed by atoms with E-state index in [4.69, 9.17) is 10.2 Å². The van der Waals surface area contributed by atoms with Gasteiger partial charge in [-0.05, 0) is 19.3 Å². The molecule has 0 saturated heterocycles. The van der Waals surface area contributed by atoms with Crippen LogP contribution in [0.4, 0.5) is 13.2 Å². The van der Waals surface area contributed by atoms with Gasteiger partial charge in [0, 0.05) is 6.61 Å². The van der Waals surface area contributed by atoms with Gasteiger partial charge >= 0.3 is 6.11 Å². The zero-order valence-corrected chi connectivity index (χ0v) is 5.93. The summed E-state index contributed by atoms with van der Waals surface area (Å²) < 4.78 is 35.5. The van der Waals surface area contributed by atoms with Gasteiger partial charge in [0.25, 0.3) is 0 Å². The average molecular weight is 172 g/mol. The Morgan fingerprint density at radius 2 is 1.82 bits per heavy atom. The van der Waals surface area contributed by atoms with Crippen LogP contribution >= 0.6 is 0 Å². The van der Waals surface area contributed by atoms with Crippen molar-refractivity contribution in [1.82, 2.24) is 0 Å². The van der Waals surface area contributed by atoms with E-state index in [0.29, 0.717) is 0 Å². The van der Waals surface area contributed by atoms with E-state index < -0.39 is 18.7 Å². The molecule has 0 spiro atoms. The highest BCUT2D eigenvalue weighted by Gasteiger charge is 2.36. The van der Waals surface area contributed by atoms with Gasteiger partial charge in [-0.2, -0.15) is 8.78 Å². The van der Waals surface area contributed by atoms with Crippen molar-refractivity contribution >= 4 is 0 Å². The molecule has 0 aliphatic carbocycles. The highest BCUT2D eigenvalue weighted by molar-refractivity contribution is 4.64. The summed E-state index contributed by atoms with van der Waals surface area (Å²) in [5, 5.41) is 16.0. The second-order valence-electron chi connectivity index (χ2n) is 2.27. The quantitative estimate of drug-likeness (QED) is 0.609. The predicted molar refractivity (Wildman–Crippen MR) is 33.0 cm³/mol. The summed E-state index contributed by atoms with van der Waals surface area (Å²) in [5.41, 5.74) is 0. The largest absolute Gasteiger partial charge is 0.396 e. The maximum atomic E-state index is 12.2. The van der Waals surface area contributed by atoms with Crippen LogP contribution in [0.2, 0.25) is 0 Å². The molecule has 0 aliphatic rings. The zero-order valence-electron chi connectivity index (χ0n) is 5.93. The summed E-state index contributed by atoms with van der Waals surface area (Å²) in [7, 11) is 0. The van der Waals surface area contributed by atoms with Crippen LogP contribution in [0.25, 0.3) is 0 Å². The lowest BCUT2D eigenvalue weighted by Crippen LogP contribution is -2.29. The topological polar surface area (TPSA) is 40.5 Å². The third-order valence-corrected chi connectivity index (χ3v) is 1.24. The number of hydrogen-bond donors (Lipinski definition) is 2. The number of unbranched alkanes of at least 4 members (excludes halogenated alkanes) is 1. The Bertz CT molecular complexity index is 102. The Labute approximate surface area is 62.6 Å². The highest BCUT2D eigenvalue weighted by atomic mass is 19.3. The first-order valence-electron chi connectivity index (χ1n) is 3.33. The molecule has 0 saturated carbocycles. The number of rotatable bonds is 5. The molecule has 0 aromatic carbocycles. The van der Waals surface area contributed by atoms with E-state index in [0.717, 1.165) is 0 Å². The number of halogens is 3. The van der Waals surface area contributed by atoms with E-state index in [1.807, 2.05) is 0 Å². The third-order valence-electron chi connectivity index (χ3n) is 1.24. The summed E-state index contributed by atoms with van der Waals surface area (Å²) in [6, 6.07) is 0. The van der Waals surface area contributed by atoms with Gasteiger partial charge in [-0.15, -0.1) is 0 Å². The van der Waals surface area contributed by atoms with Crippen molar-refractivity contribution in [3.8, 4) is 0 Å². The first-order chi connectivity index (χ1) is 4.98. The fourth-order valence-electron chi connectivity index (χ4n) is 0.609. The summed E-state index contributed by atoms with van der Waals surface area (Å²) in [5.74, 6) is 0. The van der Waals surface area contributed by atoms with Crippen LogP contribution in [0.3, 0.4) is 0 Å². The lowest BCUT2D eigenvalue weighted by atomic mass is 10.1. The van der Waals surface area contributed by atoms with Crippen molar-refractivity contribution in [2.45, 2.75) is 31.5 Å². The normalized spacial score (nSPS) is 15.0. The Hall–Kier alpha value is -0.290. The van der Waals surface area contributed by atoms with Crippen molar-refractivity contribution in [1.29, 1.82) is 0 Å². The molecule has 2 N–H and O–H groups in total. The predicted octanol–water partition coefficient (Wildman–Crippen LogP) is 1.07. The molecule has 0 aromatic rings.